The second-order valence-corrected chi connectivity index (χ2v) is 8.97. The van der Waals surface area contributed by atoms with E-state index in [9.17, 15) is 14.0 Å². The van der Waals surface area contributed by atoms with Gasteiger partial charge in [0.25, 0.3) is 0 Å². The van der Waals surface area contributed by atoms with E-state index in [0.29, 0.717) is 41.6 Å². The van der Waals surface area contributed by atoms with E-state index in [-0.39, 0.29) is 11.7 Å². The molecule has 36 heavy (non-hydrogen) atoms. The van der Waals surface area contributed by atoms with Crippen LogP contribution < -0.4 is 16.7 Å². The molecule has 11 heteroatoms. The third-order valence-electron chi connectivity index (χ3n) is 6.58. The number of hydrogen-bond donors (Lipinski definition) is 3. The summed E-state index contributed by atoms with van der Waals surface area (Å²) in [4.78, 5) is 41.1. The Hall–Kier alpha value is -4.12. The number of nitrogen functional groups attached to an aromatic ring is 1. The van der Waals surface area contributed by atoms with Gasteiger partial charge < -0.3 is 20.5 Å². The van der Waals surface area contributed by atoms with Gasteiger partial charge in [-0.25, -0.2) is 14.2 Å². The summed E-state index contributed by atoms with van der Waals surface area (Å²) < 4.78 is 15.7. The highest BCUT2D eigenvalue weighted by Crippen LogP contribution is 2.30. The van der Waals surface area contributed by atoms with Gasteiger partial charge in [0.2, 0.25) is 5.91 Å². The average Bonchev–Trinajstić information content (AvgIpc) is 3.23. The SMILES string of the molecule is CNCC(=O)N1CCC(c2ccc(Cn3c(-c4cncc(F)c4)nc4c(N)[nH]c(=O)nc43)cc2)CC1. The lowest BCUT2D eigenvalue weighted by atomic mass is 9.89. The number of likely N-dealkylation sites (N-methyl/N-ethyl adjacent to an activating group) is 1. The van der Waals surface area contributed by atoms with Crippen molar-refractivity contribution in [3.05, 3.63) is 70.2 Å². The number of piperidine rings is 1. The van der Waals surface area contributed by atoms with Gasteiger partial charge in [-0.15, -0.1) is 0 Å². The topological polar surface area (TPSA) is 135 Å². The molecule has 10 nitrogen and oxygen atoms in total. The number of amides is 1. The second-order valence-electron chi connectivity index (χ2n) is 8.97. The molecule has 0 unspecified atom stereocenters. The summed E-state index contributed by atoms with van der Waals surface area (Å²) in [5.74, 6) is 0.547. The molecule has 1 aliphatic heterocycles. The predicted octanol–water partition coefficient (Wildman–Crippen LogP) is 1.88. The fourth-order valence-electron chi connectivity index (χ4n) is 4.74. The van der Waals surface area contributed by atoms with Gasteiger partial charge in [-0.3, -0.25) is 14.8 Å². The summed E-state index contributed by atoms with van der Waals surface area (Å²) in [6.45, 7) is 2.22. The predicted molar refractivity (Wildman–Crippen MR) is 134 cm³/mol. The summed E-state index contributed by atoms with van der Waals surface area (Å²) >= 11 is 0. The van der Waals surface area contributed by atoms with Crippen LogP contribution >= 0.6 is 0 Å². The molecule has 4 aromatic rings. The van der Waals surface area contributed by atoms with Crippen LogP contribution in [0.25, 0.3) is 22.6 Å². The number of H-pyrrole nitrogens is 1. The number of anilines is 1. The van der Waals surface area contributed by atoms with E-state index in [1.165, 1.54) is 17.8 Å². The number of aromatic nitrogens is 5. The molecule has 1 aliphatic rings. The van der Waals surface area contributed by atoms with E-state index in [4.69, 9.17) is 5.73 Å². The number of aromatic amines is 1. The third-order valence-corrected chi connectivity index (χ3v) is 6.58. The number of likely N-dealkylation sites (tertiary alicyclic amines) is 1. The number of hydrogen-bond acceptors (Lipinski definition) is 7. The summed E-state index contributed by atoms with van der Waals surface area (Å²) in [5, 5.41) is 2.92. The maximum absolute atomic E-state index is 13.9. The van der Waals surface area contributed by atoms with Gasteiger partial charge in [0.05, 0.1) is 19.3 Å². The monoisotopic (exact) mass is 490 g/mol. The highest BCUT2D eigenvalue weighted by molar-refractivity contribution is 5.85. The molecule has 4 heterocycles. The fourth-order valence-corrected chi connectivity index (χ4v) is 4.74. The number of pyridine rings is 1. The first-order chi connectivity index (χ1) is 17.4. The number of nitrogens with two attached hydrogens (primary N) is 1. The number of imidazole rings is 1. The van der Waals surface area contributed by atoms with Crippen LogP contribution in [0.3, 0.4) is 0 Å². The lowest BCUT2D eigenvalue weighted by Gasteiger charge is -2.32. The number of nitrogens with zero attached hydrogens (tertiary/aromatic N) is 5. The maximum Gasteiger partial charge on any atom is 0.348 e. The van der Waals surface area contributed by atoms with Crippen molar-refractivity contribution in [1.82, 2.24) is 34.7 Å². The van der Waals surface area contributed by atoms with Gasteiger partial charge >= 0.3 is 5.69 Å². The minimum Gasteiger partial charge on any atom is -0.383 e. The van der Waals surface area contributed by atoms with E-state index >= 15 is 0 Å². The first kappa shape index (κ1) is 23.6. The van der Waals surface area contributed by atoms with Crippen molar-refractivity contribution in [1.29, 1.82) is 0 Å². The van der Waals surface area contributed by atoms with Crippen LogP contribution in [0.4, 0.5) is 10.2 Å². The zero-order valence-electron chi connectivity index (χ0n) is 19.9. The minimum absolute atomic E-state index is 0.101. The molecule has 4 N–H and O–H groups in total. The molecule has 0 spiro atoms. The molecular formula is C25H27FN8O2. The second kappa shape index (κ2) is 9.86. The fraction of sp³-hybridized carbons (Fsp3) is 0.320. The van der Waals surface area contributed by atoms with Crippen LogP contribution in [-0.4, -0.2) is 62.0 Å². The van der Waals surface area contributed by atoms with Crippen molar-refractivity contribution >= 4 is 22.9 Å². The Labute approximate surface area is 206 Å². The van der Waals surface area contributed by atoms with Gasteiger partial charge in [-0.2, -0.15) is 4.98 Å². The summed E-state index contributed by atoms with van der Waals surface area (Å²) in [5.41, 5.74) is 8.72. The van der Waals surface area contributed by atoms with E-state index in [1.807, 2.05) is 17.0 Å². The highest BCUT2D eigenvalue weighted by Gasteiger charge is 2.23. The van der Waals surface area contributed by atoms with E-state index in [1.54, 1.807) is 11.6 Å². The zero-order valence-corrected chi connectivity index (χ0v) is 19.9. The molecule has 0 radical (unpaired) electrons. The number of fused-ring (bicyclic) bond motifs is 1. The molecule has 186 valence electrons. The first-order valence-electron chi connectivity index (χ1n) is 11.8. The summed E-state index contributed by atoms with van der Waals surface area (Å²) in [7, 11) is 1.78. The maximum atomic E-state index is 13.9. The molecule has 0 saturated carbocycles. The number of carbonyl (C=O) groups is 1. The largest absolute Gasteiger partial charge is 0.383 e. The average molecular weight is 491 g/mol. The van der Waals surface area contributed by atoms with Crippen molar-refractivity contribution in [2.24, 2.45) is 0 Å². The molecule has 1 fully saturated rings. The Balaban J connectivity index is 1.41. The number of nitrogens with one attached hydrogen (secondary N) is 2. The lowest BCUT2D eigenvalue weighted by molar-refractivity contribution is -0.131. The Morgan fingerprint density at radius 3 is 2.64 bits per heavy atom. The Morgan fingerprint density at radius 2 is 1.94 bits per heavy atom. The van der Waals surface area contributed by atoms with Crippen molar-refractivity contribution in [3.63, 3.8) is 0 Å². The van der Waals surface area contributed by atoms with Crippen molar-refractivity contribution in [3.8, 4) is 11.4 Å². The molecule has 0 bridgehead atoms. The summed E-state index contributed by atoms with van der Waals surface area (Å²) in [6.07, 6.45) is 4.47. The van der Waals surface area contributed by atoms with E-state index in [0.717, 1.165) is 37.7 Å². The molecule has 1 saturated heterocycles. The van der Waals surface area contributed by atoms with Crippen molar-refractivity contribution in [2.75, 3.05) is 32.4 Å². The molecule has 1 aromatic carbocycles. The van der Waals surface area contributed by atoms with Gasteiger partial charge in [0, 0.05) is 24.8 Å². The zero-order chi connectivity index (χ0) is 25.2. The van der Waals surface area contributed by atoms with E-state index in [2.05, 4.69) is 37.4 Å². The number of rotatable bonds is 6. The highest BCUT2D eigenvalue weighted by atomic mass is 19.1. The van der Waals surface area contributed by atoms with Crippen LogP contribution in [0.1, 0.15) is 29.9 Å². The molecule has 1 amide bonds. The smallest absolute Gasteiger partial charge is 0.348 e. The molecule has 3 aromatic heterocycles. The lowest BCUT2D eigenvalue weighted by Crippen LogP contribution is -2.41. The van der Waals surface area contributed by atoms with Gasteiger partial charge in [0.1, 0.15) is 23.0 Å². The van der Waals surface area contributed by atoms with Crippen LogP contribution in [-0.2, 0) is 11.3 Å². The van der Waals surface area contributed by atoms with Crippen LogP contribution in [0.5, 0.6) is 0 Å². The van der Waals surface area contributed by atoms with Crippen LogP contribution in [0.2, 0.25) is 0 Å². The van der Waals surface area contributed by atoms with Crippen LogP contribution in [0.15, 0.2) is 47.5 Å². The Bertz CT molecular complexity index is 1460. The Kier molecular flexibility index (Phi) is 6.47. The van der Waals surface area contributed by atoms with Crippen LogP contribution in [0, 0.1) is 5.82 Å². The molecule has 0 aliphatic carbocycles. The van der Waals surface area contributed by atoms with Gasteiger partial charge in [-0.05, 0) is 43.0 Å². The van der Waals surface area contributed by atoms with Gasteiger partial charge in [0.15, 0.2) is 5.65 Å². The number of carbonyl (C=O) groups excluding carboxylic acids is 1. The molecule has 5 rings (SSSR count). The van der Waals surface area contributed by atoms with Crippen molar-refractivity contribution in [2.45, 2.75) is 25.3 Å². The normalized spacial score (nSPS) is 14.4. The number of benzene rings is 1. The summed E-state index contributed by atoms with van der Waals surface area (Å²) in [6, 6.07) is 9.59. The number of halogens is 1. The quantitative estimate of drug-likeness (QED) is 0.376. The minimum atomic E-state index is -0.583. The first-order valence-corrected chi connectivity index (χ1v) is 11.8. The van der Waals surface area contributed by atoms with Gasteiger partial charge in [-0.1, -0.05) is 24.3 Å². The third kappa shape index (κ3) is 4.69. The molecule has 0 atom stereocenters. The van der Waals surface area contributed by atoms with Crippen molar-refractivity contribution < 1.29 is 9.18 Å². The molecular weight excluding hydrogens is 463 g/mol. The standard InChI is InChI=1S/C25H27FN8O2/c1-28-13-20(35)33-8-6-17(7-9-33)16-4-2-15(3-5-16)14-34-23(18-10-19(26)12-29-11-18)30-21-22(27)31-25(36)32-24(21)34/h2-5,10-12,17,28H,6-9,13-14H2,1H3,(H3,27,31,32,36). The van der Waals surface area contributed by atoms with E-state index < -0.39 is 11.5 Å². The Morgan fingerprint density at radius 1 is 1.19 bits per heavy atom.